The average molecular weight is 245 g/mol. The highest BCUT2D eigenvalue weighted by atomic mass is 32.1. The molecule has 2 rings (SSSR count). The van der Waals surface area contributed by atoms with E-state index in [0.29, 0.717) is 5.41 Å². The highest BCUT2D eigenvalue weighted by Crippen LogP contribution is 2.43. The van der Waals surface area contributed by atoms with Crippen molar-refractivity contribution in [1.29, 1.82) is 0 Å². The minimum Gasteiger partial charge on any atom is -0.377 e. The zero-order chi connectivity index (χ0) is 11.6. The quantitative estimate of drug-likeness (QED) is 0.741. The van der Waals surface area contributed by atoms with Crippen molar-refractivity contribution in [3.63, 3.8) is 0 Å². The van der Waals surface area contributed by atoms with E-state index < -0.39 is 0 Å². The lowest BCUT2D eigenvalue weighted by Crippen LogP contribution is -2.43. The van der Waals surface area contributed by atoms with Crippen LogP contribution in [0.25, 0.3) is 0 Å². The van der Waals surface area contributed by atoms with Crippen LogP contribution in [0, 0.1) is 5.41 Å². The lowest BCUT2D eigenvalue weighted by Gasteiger charge is -2.43. The van der Waals surface area contributed by atoms with Gasteiger partial charge in [-0.15, -0.1) is 0 Å². The Bertz CT molecular complexity index is 216. The van der Waals surface area contributed by atoms with Gasteiger partial charge in [0.25, 0.3) is 0 Å². The van der Waals surface area contributed by atoms with Gasteiger partial charge in [0.05, 0.1) is 12.2 Å². The number of ether oxygens (including phenoxy) is 2. The van der Waals surface area contributed by atoms with E-state index in [1.165, 1.54) is 19.3 Å². The third-order valence-electron chi connectivity index (χ3n) is 4.21. The molecule has 2 fully saturated rings. The van der Waals surface area contributed by atoms with Gasteiger partial charge in [-0.2, -0.15) is 12.6 Å². The Morgan fingerprint density at radius 3 is 2.06 bits per heavy atom. The molecule has 94 valence electrons. The minimum atomic E-state index is 0.238. The molecule has 16 heavy (non-hydrogen) atoms. The predicted octanol–water partition coefficient (Wildman–Crippen LogP) is 1.43. The fourth-order valence-electron chi connectivity index (χ4n) is 2.92. The molecule has 2 atom stereocenters. The summed E-state index contributed by atoms with van der Waals surface area (Å²) in [5.74, 6) is 1.01. The van der Waals surface area contributed by atoms with E-state index in [0.717, 1.165) is 25.4 Å². The summed E-state index contributed by atoms with van der Waals surface area (Å²) in [4.78, 5) is 2.48. The third kappa shape index (κ3) is 2.40. The molecule has 3 nitrogen and oxygen atoms in total. The molecule has 0 aromatic carbocycles. The summed E-state index contributed by atoms with van der Waals surface area (Å²) >= 11 is 4.51. The van der Waals surface area contributed by atoms with Crippen molar-refractivity contribution < 1.29 is 9.47 Å². The lowest BCUT2D eigenvalue weighted by molar-refractivity contribution is -0.00461. The van der Waals surface area contributed by atoms with Crippen LogP contribution >= 0.6 is 12.6 Å². The number of rotatable bonds is 5. The van der Waals surface area contributed by atoms with Gasteiger partial charge in [-0.1, -0.05) is 6.42 Å². The first-order chi connectivity index (χ1) is 7.73. The van der Waals surface area contributed by atoms with Gasteiger partial charge in [-0.05, 0) is 24.0 Å². The van der Waals surface area contributed by atoms with Crippen molar-refractivity contribution in [2.45, 2.75) is 31.5 Å². The third-order valence-corrected chi connectivity index (χ3v) is 4.88. The van der Waals surface area contributed by atoms with E-state index in [4.69, 9.17) is 9.47 Å². The summed E-state index contributed by atoms with van der Waals surface area (Å²) in [7, 11) is 3.55. The van der Waals surface area contributed by atoms with E-state index in [-0.39, 0.29) is 12.2 Å². The van der Waals surface area contributed by atoms with Crippen LogP contribution in [0.5, 0.6) is 0 Å². The Morgan fingerprint density at radius 1 is 1.19 bits per heavy atom. The Labute approximate surface area is 104 Å². The van der Waals surface area contributed by atoms with Crippen LogP contribution in [0.4, 0.5) is 0 Å². The maximum atomic E-state index is 5.46. The maximum absolute atomic E-state index is 5.46. The van der Waals surface area contributed by atoms with E-state index >= 15 is 0 Å². The zero-order valence-corrected chi connectivity index (χ0v) is 11.2. The minimum absolute atomic E-state index is 0.238. The number of hydrogen-bond acceptors (Lipinski definition) is 4. The fraction of sp³-hybridized carbons (Fsp3) is 1.00. The summed E-state index contributed by atoms with van der Waals surface area (Å²) in [6.07, 6.45) is 4.52. The van der Waals surface area contributed by atoms with Crippen LogP contribution in [0.2, 0.25) is 0 Å². The van der Waals surface area contributed by atoms with Gasteiger partial charge in [-0.25, -0.2) is 0 Å². The molecule has 2 unspecified atom stereocenters. The monoisotopic (exact) mass is 245 g/mol. The van der Waals surface area contributed by atoms with Gasteiger partial charge in [0.2, 0.25) is 0 Å². The molecule has 0 amide bonds. The molecule has 0 bridgehead atoms. The van der Waals surface area contributed by atoms with Gasteiger partial charge < -0.3 is 9.47 Å². The van der Waals surface area contributed by atoms with E-state index in [9.17, 15) is 0 Å². The zero-order valence-electron chi connectivity index (χ0n) is 10.3. The molecule has 0 spiro atoms. The lowest BCUT2D eigenvalue weighted by atomic mass is 9.70. The summed E-state index contributed by atoms with van der Waals surface area (Å²) in [6, 6.07) is 0. The second-order valence-electron chi connectivity index (χ2n) is 5.25. The molecule has 2 aliphatic rings. The number of hydrogen-bond donors (Lipinski definition) is 1. The van der Waals surface area contributed by atoms with Crippen LogP contribution in [-0.2, 0) is 9.47 Å². The van der Waals surface area contributed by atoms with Crippen molar-refractivity contribution in [3.05, 3.63) is 0 Å². The van der Waals surface area contributed by atoms with Crippen molar-refractivity contribution in [2.75, 3.05) is 39.6 Å². The van der Waals surface area contributed by atoms with Crippen LogP contribution in [0.15, 0.2) is 0 Å². The summed E-state index contributed by atoms with van der Waals surface area (Å²) < 4.78 is 10.9. The Morgan fingerprint density at radius 2 is 1.75 bits per heavy atom. The van der Waals surface area contributed by atoms with Gasteiger partial charge >= 0.3 is 0 Å². The summed E-state index contributed by atoms with van der Waals surface area (Å²) in [5.41, 5.74) is 0.476. The summed E-state index contributed by atoms with van der Waals surface area (Å²) in [6.45, 7) is 3.17. The van der Waals surface area contributed by atoms with E-state index in [1.54, 1.807) is 14.2 Å². The largest absolute Gasteiger partial charge is 0.377 e. The number of thiol groups is 1. The average Bonchev–Trinajstić information content (AvgIpc) is 2.65. The smallest absolute Gasteiger partial charge is 0.0971 e. The number of likely N-dealkylation sites (tertiary alicyclic amines) is 1. The molecule has 0 N–H and O–H groups in total. The predicted molar refractivity (Wildman–Crippen MR) is 68.2 cm³/mol. The second kappa shape index (κ2) is 5.25. The Kier molecular flexibility index (Phi) is 4.16. The molecular formula is C12H23NO2S. The highest BCUT2D eigenvalue weighted by Gasteiger charge is 2.41. The van der Waals surface area contributed by atoms with Crippen molar-refractivity contribution in [3.8, 4) is 0 Å². The molecule has 1 aliphatic carbocycles. The van der Waals surface area contributed by atoms with Crippen molar-refractivity contribution in [2.24, 2.45) is 5.41 Å². The Balaban J connectivity index is 1.87. The molecule has 0 aromatic heterocycles. The molecule has 0 aromatic rings. The molecule has 1 saturated carbocycles. The first-order valence-electron chi connectivity index (χ1n) is 6.12. The SMILES string of the molecule is COC1CN(CC2(CS)CCC2)CC1OC. The van der Waals surface area contributed by atoms with Crippen LogP contribution in [0.3, 0.4) is 0 Å². The fourth-order valence-corrected chi connectivity index (χ4v) is 3.33. The van der Waals surface area contributed by atoms with Gasteiger partial charge in [0, 0.05) is 33.9 Å². The van der Waals surface area contributed by atoms with Crippen molar-refractivity contribution >= 4 is 12.6 Å². The first-order valence-corrected chi connectivity index (χ1v) is 6.75. The first kappa shape index (κ1) is 12.7. The molecule has 1 aliphatic heterocycles. The topological polar surface area (TPSA) is 21.7 Å². The van der Waals surface area contributed by atoms with Crippen LogP contribution in [-0.4, -0.2) is 56.7 Å². The van der Waals surface area contributed by atoms with Crippen molar-refractivity contribution in [1.82, 2.24) is 4.90 Å². The summed E-state index contributed by atoms with van der Waals surface area (Å²) in [5, 5.41) is 0. The molecule has 1 saturated heterocycles. The van der Waals surface area contributed by atoms with Crippen LogP contribution < -0.4 is 0 Å². The highest BCUT2D eigenvalue weighted by molar-refractivity contribution is 7.80. The number of nitrogens with zero attached hydrogens (tertiary/aromatic N) is 1. The van der Waals surface area contributed by atoms with E-state index in [2.05, 4.69) is 17.5 Å². The van der Waals surface area contributed by atoms with Gasteiger partial charge in [-0.3, -0.25) is 4.90 Å². The maximum Gasteiger partial charge on any atom is 0.0971 e. The van der Waals surface area contributed by atoms with Gasteiger partial charge in [0.15, 0.2) is 0 Å². The Hall–Kier alpha value is 0.230. The standard InChI is InChI=1S/C12H23NO2S/c1-14-10-6-13(7-11(10)15-2)8-12(9-16)4-3-5-12/h10-11,16H,3-9H2,1-2H3. The molecule has 4 heteroatoms. The normalized spacial score (nSPS) is 33.9. The van der Waals surface area contributed by atoms with E-state index in [1.807, 2.05) is 0 Å². The molecule has 0 radical (unpaired) electrons. The second-order valence-corrected chi connectivity index (χ2v) is 5.57. The van der Waals surface area contributed by atoms with Crippen LogP contribution in [0.1, 0.15) is 19.3 Å². The molecule has 1 heterocycles. The van der Waals surface area contributed by atoms with Gasteiger partial charge in [0.1, 0.15) is 0 Å². The molecular weight excluding hydrogens is 222 g/mol. The number of methoxy groups -OCH3 is 2.